The summed E-state index contributed by atoms with van der Waals surface area (Å²) in [6, 6.07) is 3.24. The van der Waals surface area contributed by atoms with Gasteiger partial charge in [-0.05, 0) is 30.5 Å². The van der Waals surface area contributed by atoms with Crippen LogP contribution in [0, 0.1) is 0 Å². The van der Waals surface area contributed by atoms with E-state index in [4.69, 9.17) is 10.5 Å². The molecule has 1 aromatic carbocycles. The maximum Gasteiger partial charge on any atom is 0.246 e. The highest BCUT2D eigenvalue weighted by atomic mass is 32.2. The van der Waals surface area contributed by atoms with Gasteiger partial charge in [0.15, 0.2) is 0 Å². The van der Waals surface area contributed by atoms with E-state index in [9.17, 15) is 12.6 Å². The molecule has 0 atom stereocenters. The largest absolute Gasteiger partial charge is 0.492 e. The fourth-order valence-electron chi connectivity index (χ4n) is 2.66. The summed E-state index contributed by atoms with van der Waals surface area (Å²) in [6.07, 6.45) is 1.63. The molecule has 0 spiro atoms. The molecule has 0 saturated carbocycles. The maximum absolute atomic E-state index is 12.8. The van der Waals surface area contributed by atoms with Gasteiger partial charge in [-0.1, -0.05) is 0 Å². The third-order valence-corrected chi connectivity index (χ3v) is 6.93. The summed E-state index contributed by atoms with van der Waals surface area (Å²) in [7, 11) is -4.58. The van der Waals surface area contributed by atoms with E-state index in [0.29, 0.717) is 29.5 Å². The number of nitrogens with two attached hydrogens (primary N) is 1. The molecule has 21 heavy (non-hydrogen) atoms. The molecule has 1 aromatic rings. The third-order valence-electron chi connectivity index (χ3n) is 3.75. The van der Waals surface area contributed by atoms with Crippen LogP contribution >= 0.6 is 0 Å². The normalized spacial score (nSPS) is 20.8. The molecule has 1 fully saturated rings. The van der Waals surface area contributed by atoms with Crippen LogP contribution in [0.25, 0.3) is 0 Å². The fourth-order valence-corrected chi connectivity index (χ4v) is 5.60. The lowest BCUT2D eigenvalue weighted by atomic mass is 10.1. The molecular formula is C13H18N2O4S2. The predicted molar refractivity (Wildman–Crippen MR) is 81.3 cm³/mol. The van der Waals surface area contributed by atoms with E-state index in [1.165, 1.54) is 10.4 Å². The van der Waals surface area contributed by atoms with Crippen molar-refractivity contribution in [2.75, 3.05) is 36.9 Å². The minimum Gasteiger partial charge on any atom is -0.492 e. The summed E-state index contributed by atoms with van der Waals surface area (Å²) in [5.74, 6) is 1.19. The summed E-state index contributed by atoms with van der Waals surface area (Å²) in [6.45, 7) is 1.07. The quantitative estimate of drug-likeness (QED) is 0.790. The molecule has 0 radical (unpaired) electrons. The first-order valence-electron chi connectivity index (χ1n) is 6.89. The average molecular weight is 330 g/mol. The first kappa shape index (κ1) is 14.8. The standard InChI is InChI=1S/C13H18N2O4S2/c14-11-8-10-2-1-5-19-13(10)12(9-11)21(17,18)15-3-6-20(16)7-4-15/h8-9H,1-7,14H2. The summed E-state index contributed by atoms with van der Waals surface area (Å²) in [5.41, 5.74) is 7.12. The topological polar surface area (TPSA) is 89.7 Å². The predicted octanol–water partition coefficient (Wildman–Crippen LogP) is 0.347. The van der Waals surface area contributed by atoms with Crippen molar-refractivity contribution in [2.45, 2.75) is 17.7 Å². The second-order valence-corrected chi connectivity index (χ2v) is 8.81. The molecule has 0 bridgehead atoms. The molecule has 0 amide bonds. The summed E-state index contributed by atoms with van der Waals surface area (Å²) in [5, 5.41) is 0. The van der Waals surface area contributed by atoms with Crippen molar-refractivity contribution in [2.24, 2.45) is 0 Å². The van der Waals surface area contributed by atoms with Crippen LogP contribution in [0.1, 0.15) is 12.0 Å². The number of nitrogens with zero attached hydrogens (tertiary/aromatic N) is 1. The minimum absolute atomic E-state index is 0.143. The van der Waals surface area contributed by atoms with Gasteiger partial charge in [-0.3, -0.25) is 4.21 Å². The molecule has 6 nitrogen and oxygen atoms in total. The molecule has 0 aliphatic carbocycles. The highest BCUT2D eigenvalue weighted by molar-refractivity contribution is 7.89. The molecule has 2 heterocycles. The lowest BCUT2D eigenvalue weighted by Gasteiger charge is -2.28. The van der Waals surface area contributed by atoms with Crippen LogP contribution < -0.4 is 10.5 Å². The third kappa shape index (κ3) is 2.79. The molecule has 1 saturated heterocycles. The van der Waals surface area contributed by atoms with E-state index in [0.717, 1.165) is 18.4 Å². The Morgan fingerprint density at radius 3 is 2.67 bits per heavy atom. The fraction of sp³-hybridized carbons (Fsp3) is 0.538. The number of anilines is 1. The van der Waals surface area contributed by atoms with Crippen LogP contribution in [0.15, 0.2) is 17.0 Å². The van der Waals surface area contributed by atoms with Gasteiger partial charge in [0.05, 0.1) is 6.61 Å². The molecule has 8 heteroatoms. The van der Waals surface area contributed by atoms with Crippen molar-refractivity contribution in [1.29, 1.82) is 0 Å². The van der Waals surface area contributed by atoms with E-state index in [-0.39, 0.29) is 18.0 Å². The van der Waals surface area contributed by atoms with Crippen molar-refractivity contribution < 1.29 is 17.4 Å². The molecule has 2 aliphatic rings. The van der Waals surface area contributed by atoms with Crippen molar-refractivity contribution in [1.82, 2.24) is 4.31 Å². The zero-order valence-corrected chi connectivity index (χ0v) is 13.2. The Morgan fingerprint density at radius 2 is 1.95 bits per heavy atom. The maximum atomic E-state index is 12.8. The van der Waals surface area contributed by atoms with Gasteiger partial charge in [0, 0.05) is 41.1 Å². The van der Waals surface area contributed by atoms with Crippen molar-refractivity contribution >= 4 is 26.5 Å². The highest BCUT2D eigenvalue weighted by Gasteiger charge is 2.32. The zero-order valence-electron chi connectivity index (χ0n) is 11.6. The number of aryl methyl sites for hydroxylation is 1. The number of hydrogen-bond donors (Lipinski definition) is 1. The first-order chi connectivity index (χ1) is 9.98. The smallest absolute Gasteiger partial charge is 0.246 e. The average Bonchev–Trinajstić information content (AvgIpc) is 2.46. The Kier molecular flexibility index (Phi) is 3.94. The number of hydrogen-bond acceptors (Lipinski definition) is 5. The number of rotatable bonds is 2. The Hall–Kier alpha value is -1.12. The van der Waals surface area contributed by atoms with Crippen LogP contribution in [-0.2, 0) is 27.2 Å². The molecule has 0 aromatic heterocycles. The van der Waals surface area contributed by atoms with E-state index < -0.39 is 20.8 Å². The van der Waals surface area contributed by atoms with Gasteiger partial charge >= 0.3 is 0 Å². The molecule has 2 aliphatic heterocycles. The van der Waals surface area contributed by atoms with Gasteiger partial charge < -0.3 is 10.5 Å². The van der Waals surface area contributed by atoms with E-state index in [2.05, 4.69) is 0 Å². The van der Waals surface area contributed by atoms with Crippen LogP contribution in [0.3, 0.4) is 0 Å². The van der Waals surface area contributed by atoms with Gasteiger partial charge in [0.25, 0.3) is 0 Å². The lowest BCUT2D eigenvalue weighted by Crippen LogP contribution is -2.42. The van der Waals surface area contributed by atoms with Crippen molar-refractivity contribution in [3.8, 4) is 5.75 Å². The Morgan fingerprint density at radius 1 is 1.24 bits per heavy atom. The first-order valence-corrected chi connectivity index (χ1v) is 9.81. The Labute approximate surface area is 126 Å². The number of ether oxygens (including phenoxy) is 1. The number of nitrogen functional groups attached to an aromatic ring is 1. The van der Waals surface area contributed by atoms with Gasteiger partial charge in [-0.25, -0.2) is 8.42 Å². The SMILES string of the molecule is Nc1cc2c(c(S(=O)(=O)N3CCS(=O)CC3)c1)OCCC2. The second kappa shape index (κ2) is 5.58. The van der Waals surface area contributed by atoms with E-state index in [1.807, 2.05) is 0 Å². The Bertz CT molecular complexity index is 678. The van der Waals surface area contributed by atoms with Gasteiger partial charge in [-0.2, -0.15) is 4.31 Å². The van der Waals surface area contributed by atoms with Gasteiger partial charge in [0.2, 0.25) is 10.0 Å². The highest BCUT2D eigenvalue weighted by Crippen LogP contribution is 2.36. The molecule has 2 N–H and O–H groups in total. The Balaban J connectivity index is 2.02. The lowest BCUT2D eigenvalue weighted by molar-refractivity contribution is 0.279. The van der Waals surface area contributed by atoms with Crippen LogP contribution in [-0.4, -0.2) is 48.1 Å². The zero-order chi connectivity index (χ0) is 15.0. The van der Waals surface area contributed by atoms with Gasteiger partial charge in [-0.15, -0.1) is 0 Å². The van der Waals surface area contributed by atoms with Crippen LogP contribution in [0.4, 0.5) is 5.69 Å². The summed E-state index contributed by atoms with van der Waals surface area (Å²) in [4.78, 5) is 0.143. The number of benzene rings is 1. The van der Waals surface area contributed by atoms with Crippen molar-refractivity contribution in [3.63, 3.8) is 0 Å². The number of fused-ring (bicyclic) bond motifs is 1. The number of sulfonamides is 1. The molecule has 3 rings (SSSR count). The molecule has 0 unspecified atom stereocenters. The van der Waals surface area contributed by atoms with E-state index >= 15 is 0 Å². The van der Waals surface area contributed by atoms with E-state index in [1.54, 1.807) is 6.07 Å². The van der Waals surface area contributed by atoms with Gasteiger partial charge in [0.1, 0.15) is 10.6 Å². The molecular weight excluding hydrogens is 312 g/mol. The summed E-state index contributed by atoms with van der Waals surface area (Å²) < 4.78 is 44.0. The second-order valence-electron chi connectivity index (χ2n) is 5.21. The monoisotopic (exact) mass is 330 g/mol. The van der Waals surface area contributed by atoms with Crippen LogP contribution in [0.5, 0.6) is 5.75 Å². The minimum atomic E-state index is -3.66. The summed E-state index contributed by atoms with van der Waals surface area (Å²) >= 11 is 0. The van der Waals surface area contributed by atoms with Crippen molar-refractivity contribution in [3.05, 3.63) is 17.7 Å². The molecule has 116 valence electrons. The van der Waals surface area contributed by atoms with Crippen LogP contribution in [0.2, 0.25) is 0 Å².